The van der Waals surface area contributed by atoms with E-state index in [0.29, 0.717) is 18.3 Å². The van der Waals surface area contributed by atoms with E-state index in [4.69, 9.17) is 0 Å². The Morgan fingerprint density at radius 3 is 2.47 bits per heavy atom. The Labute approximate surface area is 111 Å². The molecule has 2 nitrogen and oxygen atoms in total. The average Bonchev–Trinajstić information content (AvgIpc) is 2.71. The topological polar surface area (TPSA) is 20.3 Å². The van der Waals surface area contributed by atoms with Crippen LogP contribution in [0.25, 0.3) is 0 Å². The Morgan fingerprint density at radius 2 is 2.00 bits per heavy atom. The van der Waals surface area contributed by atoms with Gasteiger partial charge in [0.15, 0.2) is 0 Å². The van der Waals surface area contributed by atoms with Crippen LogP contribution < -0.4 is 4.90 Å². The van der Waals surface area contributed by atoms with Crippen molar-refractivity contribution in [2.24, 2.45) is 5.92 Å². The van der Waals surface area contributed by atoms with Crippen LogP contribution in [0.4, 0.5) is 5.69 Å². The lowest BCUT2D eigenvalue weighted by atomic mass is 10.0. The summed E-state index contributed by atoms with van der Waals surface area (Å²) in [4.78, 5) is 13.8. The first-order chi connectivity index (χ1) is 8.11. The van der Waals surface area contributed by atoms with Crippen LogP contribution in [0.1, 0.15) is 31.7 Å². The highest BCUT2D eigenvalue weighted by Gasteiger charge is 2.29. The Balaban J connectivity index is 2.15. The molecule has 1 aromatic rings. The monoisotopic (exact) mass is 295 g/mol. The molecule has 17 heavy (non-hydrogen) atoms. The molecule has 0 bridgehead atoms. The van der Waals surface area contributed by atoms with Gasteiger partial charge >= 0.3 is 0 Å². The van der Waals surface area contributed by atoms with Gasteiger partial charge in [0.05, 0.1) is 0 Å². The van der Waals surface area contributed by atoms with Crippen molar-refractivity contribution in [1.82, 2.24) is 0 Å². The zero-order chi connectivity index (χ0) is 12.4. The normalized spacial score (nSPS) is 20.4. The van der Waals surface area contributed by atoms with Crippen molar-refractivity contribution in [2.45, 2.75) is 26.2 Å². The van der Waals surface area contributed by atoms with E-state index in [2.05, 4.69) is 54.0 Å². The molecule has 3 heteroatoms. The fourth-order valence-corrected chi connectivity index (χ4v) is 2.61. The SMILES string of the molecule is CC(C)c1ccc(N2CC(CBr)CC2=O)cc1. The van der Waals surface area contributed by atoms with E-state index in [1.807, 2.05) is 4.90 Å². The highest BCUT2D eigenvalue weighted by Crippen LogP contribution is 2.27. The number of benzene rings is 1. The van der Waals surface area contributed by atoms with Crippen molar-refractivity contribution in [3.63, 3.8) is 0 Å². The molecule has 0 spiro atoms. The summed E-state index contributed by atoms with van der Waals surface area (Å²) in [7, 11) is 0. The highest BCUT2D eigenvalue weighted by molar-refractivity contribution is 9.09. The van der Waals surface area contributed by atoms with Crippen LogP contribution >= 0.6 is 15.9 Å². The van der Waals surface area contributed by atoms with E-state index in [1.54, 1.807) is 0 Å². The summed E-state index contributed by atoms with van der Waals surface area (Å²) in [6, 6.07) is 8.36. The molecule has 2 rings (SSSR count). The van der Waals surface area contributed by atoms with E-state index in [1.165, 1.54) is 5.56 Å². The Bertz CT molecular complexity index is 399. The molecular weight excluding hydrogens is 278 g/mol. The minimum absolute atomic E-state index is 0.242. The summed E-state index contributed by atoms with van der Waals surface area (Å²) in [6.45, 7) is 5.19. The van der Waals surface area contributed by atoms with Gasteiger partial charge in [-0.2, -0.15) is 0 Å². The van der Waals surface area contributed by atoms with Crippen LogP contribution in [0.5, 0.6) is 0 Å². The number of amides is 1. The third-order valence-corrected chi connectivity index (χ3v) is 4.21. The summed E-state index contributed by atoms with van der Waals surface area (Å²) >= 11 is 3.46. The summed E-state index contributed by atoms with van der Waals surface area (Å²) in [5, 5.41) is 0.902. The van der Waals surface area contributed by atoms with E-state index < -0.39 is 0 Å². The third-order valence-electron chi connectivity index (χ3n) is 3.29. The van der Waals surface area contributed by atoms with E-state index in [0.717, 1.165) is 17.6 Å². The van der Waals surface area contributed by atoms with Gasteiger partial charge in [0.25, 0.3) is 0 Å². The predicted molar refractivity (Wildman–Crippen MR) is 74.8 cm³/mol. The molecule has 1 saturated heterocycles. The minimum Gasteiger partial charge on any atom is -0.312 e. The van der Waals surface area contributed by atoms with E-state index in [-0.39, 0.29) is 5.91 Å². The first kappa shape index (κ1) is 12.6. The molecule has 0 N–H and O–H groups in total. The lowest BCUT2D eigenvalue weighted by molar-refractivity contribution is -0.117. The van der Waals surface area contributed by atoms with E-state index >= 15 is 0 Å². The summed E-state index contributed by atoms with van der Waals surface area (Å²) < 4.78 is 0. The van der Waals surface area contributed by atoms with Crippen molar-refractivity contribution in [3.8, 4) is 0 Å². The molecule has 1 unspecified atom stereocenters. The van der Waals surface area contributed by atoms with Gasteiger partial charge in [-0.3, -0.25) is 4.79 Å². The number of halogens is 1. The largest absolute Gasteiger partial charge is 0.312 e. The first-order valence-corrected chi connectivity index (χ1v) is 7.20. The number of hydrogen-bond donors (Lipinski definition) is 0. The van der Waals surface area contributed by atoms with Gasteiger partial charge in [0.2, 0.25) is 5.91 Å². The van der Waals surface area contributed by atoms with Crippen LogP contribution in [-0.4, -0.2) is 17.8 Å². The third kappa shape index (κ3) is 2.71. The van der Waals surface area contributed by atoms with Crippen molar-refractivity contribution in [2.75, 3.05) is 16.8 Å². The number of nitrogens with zero attached hydrogens (tertiary/aromatic N) is 1. The minimum atomic E-state index is 0.242. The molecular formula is C14H18BrNO. The molecule has 1 fully saturated rings. The van der Waals surface area contributed by atoms with Crippen LogP contribution in [0.15, 0.2) is 24.3 Å². The molecule has 1 aliphatic heterocycles. The van der Waals surface area contributed by atoms with Crippen molar-refractivity contribution in [1.29, 1.82) is 0 Å². The number of anilines is 1. The van der Waals surface area contributed by atoms with Gasteiger partial charge < -0.3 is 4.90 Å². The fraction of sp³-hybridized carbons (Fsp3) is 0.500. The standard InChI is InChI=1S/C14H18BrNO/c1-10(2)12-3-5-13(6-4-12)16-9-11(8-15)7-14(16)17/h3-6,10-11H,7-9H2,1-2H3. The lowest BCUT2D eigenvalue weighted by Gasteiger charge is -2.17. The molecule has 1 aromatic carbocycles. The molecule has 1 heterocycles. The number of carbonyl (C=O) groups excluding carboxylic acids is 1. The van der Waals surface area contributed by atoms with Crippen LogP contribution in [-0.2, 0) is 4.79 Å². The summed E-state index contributed by atoms with van der Waals surface area (Å²) in [6.07, 6.45) is 0.664. The number of rotatable bonds is 3. The predicted octanol–water partition coefficient (Wildman–Crippen LogP) is 3.56. The Hall–Kier alpha value is -0.830. The molecule has 0 aliphatic carbocycles. The number of carbonyl (C=O) groups is 1. The summed E-state index contributed by atoms with van der Waals surface area (Å²) in [5.41, 5.74) is 2.35. The van der Waals surface area contributed by atoms with Crippen molar-refractivity contribution < 1.29 is 4.79 Å². The van der Waals surface area contributed by atoms with Crippen LogP contribution in [0, 0.1) is 5.92 Å². The molecule has 92 valence electrons. The van der Waals surface area contributed by atoms with Gasteiger partial charge in [0.1, 0.15) is 0 Å². The second-order valence-corrected chi connectivity index (χ2v) is 5.62. The summed E-state index contributed by atoms with van der Waals surface area (Å²) in [5.74, 6) is 1.23. The van der Waals surface area contributed by atoms with Crippen molar-refractivity contribution >= 4 is 27.5 Å². The molecule has 1 amide bonds. The van der Waals surface area contributed by atoms with Gasteiger partial charge in [-0.05, 0) is 29.5 Å². The Morgan fingerprint density at radius 1 is 1.35 bits per heavy atom. The second-order valence-electron chi connectivity index (χ2n) is 4.98. The quantitative estimate of drug-likeness (QED) is 0.781. The molecule has 1 atom stereocenters. The molecule has 0 saturated carbocycles. The van der Waals surface area contributed by atoms with Crippen LogP contribution in [0.2, 0.25) is 0 Å². The van der Waals surface area contributed by atoms with Gasteiger partial charge in [-0.15, -0.1) is 0 Å². The number of hydrogen-bond acceptors (Lipinski definition) is 1. The average molecular weight is 296 g/mol. The maximum absolute atomic E-state index is 11.9. The van der Waals surface area contributed by atoms with Crippen molar-refractivity contribution in [3.05, 3.63) is 29.8 Å². The fourth-order valence-electron chi connectivity index (χ4n) is 2.17. The van der Waals surface area contributed by atoms with Gasteiger partial charge in [-0.1, -0.05) is 41.9 Å². The zero-order valence-corrected chi connectivity index (χ0v) is 11.9. The van der Waals surface area contributed by atoms with Crippen LogP contribution in [0.3, 0.4) is 0 Å². The van der Waals surface area contributed by atoms with Gasteiger partial charge in [0, 0.05) is 24.0 Å². The molecule has 0 aromatic heterocycles. The van der Waals surface area contributed by atoms with E-state index in [9.17, 15) is 4.79 Å². The first-order valence-electron chi connectivity index (χ1n) is 6.08. The maximum Gasteiger partial charge on any atom is 0.227 e. The highest BCUT2D eigenvalue weighted by atomic mass is 79.9. The number of alkyl halides is 1. The zero-order valence-electron chi connectivity index (χ0n) is 10.3. The Kier molecular flexibility index (Phi) is 3.87. The maximum atomic E-state index is 11.9. The second kappa shape index (κ2) is 5.21. The smallest absolute Gasteiger partial charge is 0.227 e. The van der Waals surface area contributed by atoms with Gasteiger partial charge in [-0.25, -0.2) is 0 Å². The molecule has 0 radical (unpaired) electrons. The molecule has 1 aliphatic rings. The lowest BCUT2D eigenvalue weighted by Crippen LogP contribution is -2.24.